The van der Waals surface area contributed by atoms with Crippen LogP contribution < -0.4 is 5.32 Å². The normalized spacial score (nSPS) is 26.7. The lowest BCUT2D eigenvalue weighted by molar-refractivity contribution is -0.0591. The van der Waals surface area contributed by atoms with Gasteiger partial charge in [0.1, 0.15) is 6.33 Å². The Hall–Kier alpha value is -2.51. The van der Waals surface area contributed by atoms with Crippen LogP contribution in [-0.2, 0) is 0 Å². The number of urea groups is 1. The highest BCUT2D eigenvalue weighted by atomic mass is 16.3. The molecule has 0 bridgehead atoms. The second kappa shape index (κ2) is 9.55. The van der Waals surface area contributed by atoms with Crippen molar-refractivity contribution in [2.45, 2.75) is 62.6 Å². The van der Waals surface area contributed by atoms with Crippen molar-refractivity contribution in [3.05, 3.63) is 48.5 Å². The molecular formula is C25H33N5O2. The first-order valence-corrected chi connectivity index (χ1v) is 12.0. The Labute approximate surface area is 189 Å². The van der Waals surface area contributed by atoms with E-state index in [2.05, 4.69) is 44.5 Å². The van der Waals surface area contributed by atoms with E-state index < -0.39 is 0 Å². The number of aromatic nitrogens is 2. The lowest BCUT2D eigenvalue weighted by Crippen LogP contribution is -2.68. The van der Waals surface area contributed by atoms with E-state index in [1.165, 1.54) is 24.7 Å². The van der Waals surface area contributed by atoms with Crippen LogP contribution in [-0.4, -0.2) is 75.3 Å². The summed E-state index contributed by atoms with van der Waals surface area (Å²) in [6.45, 7) is 2.66. The van der Waals surface area contributed by atoms with Gasteiger partial charge in [-0.05, 0) is 43.4 Å². The summed E-state index contributed by atoms with van der Waals surface area (Å²) in [5.74, 6) is 0.223. The first-order valence-electron chi connectivity index (χ1n) is 12.0. The second-order valence-corrected chi connectivity index (χ2v) is 9.41. The van der Waals surface area contributed by atoms with Gasteiger partial charge in [0.25, 0.3) is 0 Å². The minimum Gasteiger partial charge on any atom is -0.395 e. The Morgan fingerprint density at radius 2 is 1.72 bits per heavy atom. The highest BCUT2D eigenvalue weighted by molar-refractivity contribution is 5.74. The predicted octanol–water partition coefficient (Wildman–Crippen LogP) is 3.02. The van der Waals surface area contributed by atoms with Gasteiger partial charge in [0.2, 0.25) is 0 Å². The van der Waals surface area contributed by atoms with E-state index in [1.807, 2.05) is 17.3 Å². The lowest BCUT2D eigenvalue weighted by atomic mass is 9.74. The molecule has 1 aromatic carbocycles. The highest BCUT2D eigenvalue weighted by Crippen LogP contribution is 2.42. The fraction of sp³-hybridized carbons (Fsp3) is 0.560. The molecule has 0 spiro atoms. The molecule has 2 N–H and O–H groups in total. The van der Waals surface area contributed by atoms with Crippen LogP contribution in [0.15, 0.2) is 43.0 Å². The Kier molecular flexibility index (Phi) is 6.37. The largest absolute Gasteiger partial charge is 0.395 e. The Morgan fingerprint density at radius 3 is 2.44 bits per heavy atom. The van der Waals surface area contributed by atoms with E-state index in [9.17, 15) is 9.90 Å². The second-order valence-electron chi connectivity index (χ2n) is 9.41. The SMILES string of the molecule is O=C(NC1CCCC1)N1CCCCN2[C@H](CO)[C@@H](c3ccc(-c4cncnc4)cc3)[C@H]2C1. The van der Waals surface area contributed by atoms with E-state index in [0.717, 1.165) is 49.9 Å². The summed E-state index contributed by atoms with van der Waals surface area (Å²) in [5.41, 5.74) is 3.30. The Bertz CT molecular complexity index is 900. The molecule has 7 nitrogen and oxygen atoms in total. The van der Waals surface area contributed by atoms with E-state index in [-0.39, 0.29) is 30.6 Å². The van der Waals surface area contributed by atoms with Crippen molar-refractivity contribution in [2.75, 3.05) is 26.2 Å². The number of carbonyl (C=O) groups excluding carboxylic acids is 1. The number of rotatable bonds is 4. The molecule has 2 saturated heterocycles. The van der Waals surface area contributed by atoms with Crippen LogP contribution in [0.4, 0.5) is 4.79 Å². The van der Waals surface area contributed by atoms with Gasteiger partial charge in [0.05, 0.1) is 6.61 Å². The monoisotopic (exact) mass is 435 g/mol. The van der Waals surface area contributed by atoms with E-state index >= 15 is 0 Å². The Balaban J connectivity index is 1.33. The average Bonchev–Trinajstić information content (AvgIpc) is 3.32. The van der Waals surface area contributed by atoms with E-state index in [1.54, 1.807) is 0 Å². The van der Waals surface area contributed by atoms with Gasteiger partial charge in [-0.25, -0.2) is 14.8 Å². The molecule has 3 fully saturated rings. The standard InChI is InChI=1S/C25H33N5O2/c31-16-23-24(19-9-7-18(8-10-19)20-13-26-17-27-14-20)22-15-29(11-3-4-12-30(22)23)25(32)28-21-5-1-2-6-21/h7-10,13-14,17,21-24,31H,1-6,11-12,15-16H2,(H,28,32)/t22-,23-,24+/m1/s1. The molecule has 170 valence electrons. The van der Waals surface area contributed by atoms with Crippen molar-refractivity contribution in [2.24, 2.45) is 0 Å². The van der Waals surface area contributed by atoms with Gasteiger partial charge >= 0.3 is 6.03 Å². The zero-order valence-electron chi connectivity index (χ0n) is 18.6. The first-order chi connectivity index (χ1) is 15.7. The maximum Gasteiger partial charge on any atom is 0.317 e. The quantitative estimate of drug-likeness (QED) is 0.772. The van der Waals surface area contributed by atoms with Crippen LogP contribution >= 0.6 is 0 Å². The van der Waals surface area contributed by atoms with Crippen LogP contribution in [0.3, 0.4) is 0 Å². The molecule has 3 atom stereocenters. The van der Waals surface area contributed by atoms with Crippen LogP contribution in [0.1, 0.15) is 50.0 Å². The zero-order valence-corrected chi connectivity index (χ0v) is 18.6. The maximum atomic E-state index is 13.0. The van der Waals surface area contributed by atoms with Crippen molar-refractivity contribution >= 4 is 6.03 Å². The van der Waals surface area contributed by atoms with Crippen molar-refractivity contribution in [1.29, 1.82) is 0 Å². The van der Waals surface area contributed by atoms with Gasteiger partial charge < -0.3 is 15.3 Å². The number of nitrogens with zero attached hydrogens (tertiary/aromatic N) is 4. The molecule has 1 aliphatic carbocycles. The molecule has 5 rings (SSSR count). The molecule has 0 radical (unpaired) electrons. The third-order valence-electron chi connectivity index (χ3n) is 7.53. The summed E-state index contributed by atoms with van der Waals surface area (Å²) in [7, 11) is 0. The van der Waals surface area contributed by atoms with Gasteiger partial charge in [-0.1, -0.05) is 37.1 Å². The van der Waals surface area contributed by atoms with Gasteiger partial charge in [-0.2, -0.15) is 0 Å². The molecule has 2 aromatic rings. The van der Waals surface area contributed by atoms with Crippen LogP contribution in [0.2, 0.25) is 0 Å². The number of benzene rings is 1. The van der Waals surface area contributed by atoms with Crippen molar-refractivity contribution in [3.8, 4) is 11.1 Å². The molecule has 7 heteroatoms. The third kappa shape index (κ3) is 4.24. The number of hydrogen-bond acceptors (Lipinski definition) is 5. The van der Waals surface area contributed by atoms with Gasteiger partial charge in [0.15, 0.2) is 0 Å². The average molecular weight is 436 g/mol. The summed E-state index contributed by atoms with van der Waals surface area (Å²) < 4.78 is 0. The molecule has 2 amide bonds. The predicted molar refractivity (Wildman–Crippen MR) is 123 cm³/mol. The topological polar surface area (TPSA) is 81.6 Å². The molecule has 32 heavy (non-hydrogen) atoms. The molecule has 3 aliphatic rings. The van der Waals surface area contributed by atoms with Gasteiger partial charge in [0, 0.05) is 55.1 Å². The van der Waals surface area contributed by atoms with Gasteiger partial charge in [-0.15, -0.1) is 0 Å². The van der Waals surface area contributed by atoms with Crippen molar-refractivity contribution in [3.63, 3.8) is 0 Å². The van der Waals surface area contributed by atoms with E-state index in [4.69, 9.17) is 0 Å². The first kappa shape index (κ1) is 21.3. The van der Waals surface area contributed by atoms with Crippen molar-refractivity contribution in [1.82, 2.24) is 25.1 Å². The molecule has 2 aliphatic heterocycles. The summed E-state index contributed by atoms with van der Waals surface area (Å²) in [6.07, 6.45) is 11.9. The minimum absolute atomic E-state index is 0.0874. The number of fused-ring (bicyclic) bond motifs is 1. The third-order valence-corrected chi connectivity index (χ3v) is 7.53. The number of amides is 2. The summed E-state index contributed by atoms with van der Waals surface area (Å²) in [6, 6.07) is 9.32. The highest BCUT2D eigenvalue weighted by Gasteiger charge is 2.49. The molecule has 1 aromatic heterocycles. The zero-order chi connectivity index (χ0) is 21.9. The van der Waals surface area contributed by atoms with Crippen LogP contribution in [0.5, 0.6) is 0 Å². The summed E-state index contributed by atoms with van der Waals surface area (Å²) in [4.78, 5) is 25.7. The Morgan fingerprint density at radius 1 is 1.00 bits per heavy atom. The fourth-order valence-corrected chi connectivity index (χ4v) is 5.81. The van der Waals surface area contributed by atoms with E-state index in [0.29, 0.717) is 12.6 Å². The lowest BCUT2D eigenvalue weighted by Gasteiger charge is -2.57. The fourth-order valence-electron chi connectivity index (χ4n) is 5.81. The molecule has 0 unspecified atom stereocenters. The molecule has 1 saturated carbocycles. The molecule has 3 heterocycles. The maximum absolute atomic E-state index is 13.0. The number of hydrogen-bond donors (Lipinski definition) is 2. The molecular weight excluding hydrogens is 402 g/mol. The minimum atomic E-state index is 0.0874. The number of aliphatic hydroxyl groups excluding tert-OH is 1. The summed E-state index contributed by atoms with van der Waals surface area (Å²) >= 11 is 0. The van der Waals surface area contributed by atoms with Crippen LogP contribution in [0, 0.1) is 0 Å². The van der Waals surface area contributed by atoms with Gasteiger partial charge in [-0.3, -0.25) is 4.90 Å². The number of carbonyl (C=O) groups is 1. The van der Waals surface area contributed by atoms with Crippen molar-refractivity contribution < 1.29 is 9.90 Å². The van der Waals surface area contributed by atoms with Crippen LogP contribution in [0.25, 0.3) is 11.1 Å². The summed E-state index contributed by atoms with van der Waals surface area (Å²) in [5, 5.41) is 13.4. The smallest absolute Gasteiger partial charge is 0.317 e. The number of aliphatic hydroxyl groups is 1. The number of nitrogens with one attached hydrogen (secondary N) is 1.